The Morgan fingerprint density at radius 3 is 2.76 bits per heavy atom. The van der Waals surface area contributed by atoms with Gasteiger partial charge in [0.1, 0.15) is 0 Å². The van der Waals surface area contributed by atoms with Gasteiger partial charge in [0.05, 0.1) is 5.69 Å². The van der Waals surface area contributed by atoms with Crippen LogP contribution in [0.25, 0.3) is 11.3 Å². The fourth-order valence-corrected chi connectivity index (χ4v) is 3.54. The van der Waals surface area contributed by atoms with Crippen LogP contribution in [0.4, 0.5) is 11.4 Å². The van der Waals surface area contributed by atoms with Crippen molar-refractivity contribution < 1.29 is 0 Å². The van der Waals surface area contributed by atoms with Crippen LogP contribution in [-0.2, 0) is 12.8 Å². The van der Waals surface area contributed by atoms with Gasteiger partial charge in [-0.15, -0.1) is 0 Å². The van der Waals surface area contributed by atoms with E-state index < -0.39 is 0 Å². The fourth-order valence-electron chi connectivity index (χ4n) is 2.89. The Morgan fingerprint density at radius 1 is 1.05 bits per heavy atom. The third-order valence-electron chi connectivity index (χ3n) is 3.92. The molecular formula is C18H16N2S. The van der Waals surface area contributed by atoms with E-state index in [0.29, 0.717) is 0 Å². The Balaban J connectivity index is 1.78. The Labute approximate surface area is 128 Å². The quantitative estimate of drug-likeness (QED) is 0.731. The van der Waals surface area contributed by atoms with Gasteiger partial charge in [-0.1, -0.05) is 18.2 Å². The third kappa shape index (κ3) is 2.45. The number of para-hydroxylation sites is 1. The third-order valence-corrected chi connectivity index (χ3v) is 4.60. The molecule has 21 heavy (non-hydrogen) atoms. The van der Waals surface area contributed by atoms with Gasteiger partial charge in [0.15, 0.2) is 0 Å². The minimum atomic E-state index is 1.08. The maximum absolute atomic E-state index is 4.86. The molecule has 0 saturated carbocycles. The monoisotopic (exact) mass is 292 g/mol. The minimum Gasteiger partial charge on any atom is -0.355 e. The van der Waals surface area contributed by atoms with Crippen molar-refractivity contribution in [3.63, 3.8) is 0 Å². The van der Waals surface area contributed by atoms with Crippen molar-refractivity contribution in [1.82, 2.24) is 4.98 Å². The van der Waals surface area contributed by atoms with Gasteiger partial charge in [0, 0.05) is 28.0 Å². The number of nitrogens with one attached hydrogen (secondary N) is 1. The second-order valence-corrected chi connectivity index (χ2v) is 6.12. The summed E-state index contributed by atoms with van der Waals surface area (Å²) in [5.74, 6) is 0. The van der Waals surface area contributed by atoms with Crippen LogP contribution in [0.15, 0.2) is 53.2 Å². The maximum atomic E-state index is 4.86. The van der Waals surface area contributed by atoms with Crippen molar-refractivity contribution in [2.75, 3.05) is 5.32 Å². The Morgan fingerprint density at radius 2 is 1.95 bits per heavy atom. The second kappa shape index (κ2) is 5.34. The lowest BCUT2D eigenvalue weighted by Gasteiger charge is -2.13. The molecule has 3 aromatic rings. The summed E-state index contributed by atoms with van der Waals surface area (Å²) in [5, 5.41) is 7.84. The lowest BCUT2D eigenvalue weighted by atomic mass is 10.1. The molecule has 1 aliphatic carbocycles. The second-order valence-electron chi connectivity index (χ2n) is 5.34. The molecule has 1 N–H and O–H groups in total. The number of aromatic nitrogens is 1. The molecule has 0 spiro atoms. The fraction of sp³-hybridized carbons (Fsp3) is 0.167. The van der Waals surface area contributed by atoms with Gasteiger partial charge in [0.25, 0.3) is 0 Å². The van der Waals surface area contributed by atoms with Gasteiger partial charge >= 0.3 is 0 Å². The van der Waals surface area contributed by atoms with Crippen molar-refractivity contribution in [1.29, 1.82) is 0 Å². The highest BCUT2D eigenvalue weighted by Crippen LogP contribution is 2.34. The summed E-state index contributed by atoms with van der Waals surface area (Å²) in [6.45, 7) is 0. The number of fused-ring (bicyclic) bond motifs is 1. The molecule has 1 aliphatic rings. The molecule has 1 aromatic carbocycles. The first-order chi connectivity index (χ1) is 10.4. The van der Waals surface area contributed by atoms with Crippen LogP contribution in [0.5, 0.6) is 0 Å². The number of pyridine rings is 1. The first kappa shape index (κ1) is 12.6. The topological polar surface area (TPSA) is 24.9 Å². The van der Waals surface area contributed by atoms with Crippen molar-refractivity contribution in [3.8, 4) is 11.3 Å². The molecule has 104 valence electrons. The minimum absolute atomic E-state index is 1.08. The number of aryl methyl sites for hydroxylation is 1. The van der Waals surface area contributed by atoms with E-state index in [4.69, 9.17) is 4.98 Å². The van der Waals surface area contributed by atoms with Crippen LogP contribution in [0.3, 0.4) is 0 Å². The van der Waals surface area contributed by atoms with E-state index in [1.54, 1.807) is 11.3 Å². The number of anilines is 2. The molecule has 2 heterocycles. The van der Waals surface area contributed by atoms with E-state index in [-0.39, 0.29) is 0 Å². The van der Waals surface area contributed by atoms with E-state index >= 15 is 0 Å². The smallest absolute Gasteiger partial charge is 0.0734 e. The highest BCUT2D eigenvalue weighted by Gasteiger charge is 2.18. The average molecular weight is 292 g/mol. The lowest BCUT2D eigenvalue weighted by Crippen LogP contribution is -1.99. The molecule has 0 unspecified atom stereocenters. The number of hydrogen-bond donors (Lipinski definition) is 1. The molecule has 0 aliphatic heterocycles. The maximum Gasteiger partial charge on any atom is 0.0734 e. The standard InChI is InChI=1S/C18H16N2S/c1-2-5-14(6-3-1)19-18-11-17(13-9-10-21-12-13)20-16-8-4-7-15(16)18/h1-3,5-6,9-12H,4,7-8H2,(H,19,20). The molecule has 0 amide bonds. The largest absolute Gasteiger partial charge is 0.355 e. The number of rotatable bonds is 3. The van der Waals surface area contributed by atoms with Gasteiger partial charge in [-0.05, 0) is 54.5 Å². The highest BCUT2D eigenvalue weighted by molar-refractivity contribution is 7.08. The van der Waals surface area contributed by atoms with Crippen LogP contribution in [0, 0.1) is 0 Å². The Kier molecular flexibility index (Phi) is 3.20. The van der Waals surface area contributed by atoms with Gasteiger partial charge in [-0.25, -0.2) is 0 Å². The van der Waals surface area contributed by atoms with Crippen molar-refractivity contribution in [3.05, 3.63) is 64.5 Å². The van der Waals surface area contributed by atoms with Crippen LogP contribution >= 0.6 is 11.3 Å². The van der Waals surface area contributed by atoms with E-state index in [0.717, 1.165) is 24.2 Å². The number of hydrogen-bond acceptors (Lipinski definition) is 3. The SMILES string of the molecule is c1ccc(Nc2cc(-c3ccsc3)nc3c2CCC3)cc1. The van der Waals surface area contributed by atoms with Crippen LogP contribution in [0.1, 0.15) is 17.7 Å². The first-order valence-electron chi connectivity index (χ1n) is 7.27. The van der Waals surface area contributed by atoms with Gasteiger partial charge < -0.3 is 5.32 Å². The van der Waals surface area contributed by atoms with Crippen LogP contribution < -0.4 is 5.32 Å². The molecule has 0 saturated heterocycles. The lowest BCUT2D eigenvalue weighted by molar-refractivity contribution is 0.900. The zero-order chi connectivity index (χ0) is 14.1. The van der Waals surface area contributed by atoms with Gasteiger partial charge in [0.2, 0.25) is 0 Å². The first-order valence-corrected chi connectivity index (χ1v) is 8.22. The summed E-state index contributed by atoms with van der Waals surface area (Å²) in [6.07, 6.45) is 3.43. The van der Waals surface area contributed by atoms with E-state index in [2.05, 4.69) is 52.5 Å². The summed E-state index contributed by atoms with van der Waals surface area (Å²) in [7, 11) is 0. The average Bonchev–Trinajstić information content (AvgIpc) is 3.19. The summed E-state index contributed by atoms with van der Waals surface area (Å²) in [6, 6.07) is 14.7. The molecule has 2 nitrogen and oxygen atoms in total. The van der Waals surface area contributed by atoms with E-state index in [9.17, 15) is 0 Å². The molecule has 3 heteroatoms. The van der Waals surface area contributed by atoms with E-state index in [1.807, 2.05) is 6.07 Å². The predicted molar refractivity (Wildman–Crippen MR) is 89.3 cm³/mol. The van der Waals surface area contributed by atoms with Crippen LogP contribution in [0.2, 0.25) is 0 Å². The molecular weight excluding hydrogens is 276 g/mol. The van der Waals surface area contributed by atoms with Crippen molar-refractivity contribution in [2.45, 2.75) is 19.3 Å². The van der Waals surface area contributed by atoms with E-state index in [1.165, 1.54) is 28.9 Å². The Bertz CT molecular complexity index is 748. The number of thiophene rings is 1. The van der Waals surface area contributed by atoms with Crippen molar-refractivity contribution >= 4 is 22.7 Å². The molecule has 0 radical (unpaired) electrons. The number of benzene rings is 1. The van der Waals surface area contributed by atoms with Crippen LogP contribution in [-0.4, -0.2) is 4.98 Å². The molecule has 0 atom stereocenters. The molecule has 0 fully saturated rings. The van der Waals surface area contributed by atoms with Gasteiger partial charge in [-0.3, -0.25) is 4.98 Å². The zero-order valence-electron chi connectivity index (χ0n) is 11.7. The zero-order valence-corrected chi connectivity index (χ0v) is 12.5. The summed E-state index contributed by atoms with van der Waals surface area (Å²) in [4.78, 5) is 4.86. The normalized spacial score (nSPS) is 13.1. The predicted octanol–water partition coefficient (Wildman–Crippen LogP) is 5.04. The molecule has 4 rings (SSSR count). The molecule has 0 bridgehead atoms. The summed E-state index contributed by atoms with van der Waals surface area (Å²) >= 11 is 1.72. The summed E-state index contributed by atoms with van der Waals surface area (Å²) < 4.78 is 0. The number of nitrogens with zero attached hydrogens (tertiary/aromatic N) is 1. The summed E-state index contributed by atoms with van der Waals surface area (Å²) in [5.41, 5.74) is 7.29. The van der Waals surface area contributed by atoms with Gasteiger partial charge in [-0.2, -0.15) is 11.3 Å². The Hall–Kier alpha value is -2.13. The highest BCUT2D eigenvalue weighted by atomic mass is 32.1. The van der Waals surface area contributed by atoms with Crippen molar-refractivity contribution in [2.24, 2.45) is 0 Å². The molecule has 2 aromatic heterocycles.